The first-order chi connectivity index (χ1) is 9.39. The smallest absolute Gasteiger partial charge is 0.331 e. The number of hydrogen-bond donors (Lipinski definition) is 2. The molecule has 0 aromatic carbocycles. The number of morpholine rings is 1. The molecule has 1 fully saturated rings. The minimum absolute atomic E-state index is 0.373. The number of nitrogens with one attached hydrogen (secondary N) is 1. The minimum Gasteiger partial charge on any atom is -0.479 e. The van der Waals surface area contributed by atoms with E-state index < -0.39 is 17.6 Å². The molecule has 1 unspecified atom stereocenters. The maximum Gasteiger partial charge on any atom is 0.331 e. The number of carbonyl (C=O) groups is 2. The zero-order chi connectivity index (χ0) is 14.8. The van der Waals surface area contributed by atoms with Crippen LogP contribution in [0.2, 0.25) is 0 Å². The normalized spacial score (nSPS) is 19.4. The second-order valence-electron chi connectivity index (χ2n) is 5.27. The monoisotopic (exact) mass is 298 g/mol. The summed E-state index contributed by atoms with van der Waals surface area (Å²) in [5, 5.41) is 13.6. The second kappa shape index (κ2) is 5.80. The highest BCUT2D eigenvalue weighted by Gasteiger charge is 2.32. The van der Waals surface area contributed by atoms with E-state index in [0.29, 0.717) is 24.6 Å². The van der Waals surface area contributed by atoms with Gasteiger partial charge < -0.3 is 20.1 Å². The van der Waals surface area contributed by atoms with Gasteiger partial charge in [-0.05, 0) is 25.3 Å². The molecule has 0 spiro atoms. The Bertz CT molecular complexity index is 487. The summed E-state index contributed by atoms with van der Waals surface area (Å²) in [6, 6.07) is 2.09. The number of carboxylic acid groups (broad SMARTS) is 1. The summed E-state index contributed by atoms with van der Waals surface area (Å²) in [4.78, 5) is 25.7. The van der Waals surface area contributed by atoms with Gasteiger partial charge in [0.15, 0.2) is 6.04 Å². The predicted molar refractivity (Wildman–Crippen MR) is 74.8 cm³/mol. The molecule has 1 saturated heterocycles. The highest BCUT2D eigenvalue weighted by Crippen LogP contribution is 2.21. The van der Waals surface area contributed by atoms with Crippen LogP contribution in [0.3, 0.4) is 0 Å². The zero-order valence-electron chi connectivity index (χ0n) is 11.5. The molecule has 0 radical (unpaired) electrons. The van der Waals surface area contributed by atoms with E-state index in [0.717, 1.165) is 0 Å². The van der Waals surface area contributed by atoms with Crippen LogP contribution >= 0.6 is 11.3 Å². The highest BCUT2D eigenvalue weighted by atomic mass is 32.1. The number of nitrogens with zero attached hydrogens (tertiary/aromatic N) is 1. The SMILES string of the molecule is CC1(C)CN(C(=O)NC(C(=O)O)c2cccs2)CCO1. The van der Waals surface area contributed by atoms with Crippen molar-refractivity contribution < 1.29 is 19.4 Å². The van der Waals surface area contributed by atoms with Gasteiger partial charge in [-0.3, -0.25) is 0 Å². The molecule has 1 aromatic heterocycles. The lowest BCUT2D eigenvalue weighted by molar-refractivity contribution is -0.139. The van der Waals surface area contributed by atoms with E-state index >= 15 is 0 Å². The van der Waals surface area contributed by atoms with Crippen LogP contribution in [0.5, 0.6) is 0 Å². The van der Waals surface area contributed by atoms with Crippen LogP contribution in [-0.4, -0.2) is 47.3 Å². The number of urea groups is 1. The van der Waals surface area contributed by atoms with Gasteiger partial charge in [-0.15, -0.1) is 11.3 Å². The van der Waals surface area contributed by atoms with Crippen molar-refractivity contribution >= 4 is 23.3 Å². The molecule has 2 N–H and O–H groups in total. The predicted octanol–water partition coefficient (Wildman–Crippen LogP) is 1.69. The molecule has 1 aliphatic heterocycles. The van der Waals surface area contributed by atoms with E-state index in [1.54, 1.807) is 22.4 Å². The number of carboxylic acids is 1. The van der Waals surface area contributed by atoms with Crippen molar-refractivity contribution in [1.82, 2.24) is 10.2 Å². The van der Waals surface area contributed by atoms with Gasteiger partial charge >= 0.3 is 12.0 Å². The van der Waals surface area contributed by atoms with Crippen LogP contribution in [0.4, 0.5) is 4.79 Å². The fraction of sp³-hybridized carbons (Fsp3) is 0.538. The topological polar surface area (TPSA) is 78.9 Å². The number of aliphatic carboxylic acids is 1. The van der Waals surface area contributed by atoms with E-state index in [1.807, 2.05) is 13.8 Å². The van der Waals surface area contributed by atoms with Crippen molar-refractivity contribution in [2.24, 2.45) is 0 Å². The molecule has 110 valence electrons. The summed E-state index contributed by atoms with van der Waals surface area (Å²) in [6.45, 7) is 5.17. The van der Waals surface area contributed by atoms with E-state index in [2.05, 4.69) is 5.32 Å². The molecule has 2 heterocycles. The molecule has 7 heteroatoms. The highest BCUT2D eigenvalue weighted by molar-refractivity contribution is 7.10. The lowest BCUT2D eigenvalue weighted by Gasteiger charge is -2.38. The Morgan fingerprint density at radius 3 is 2.85 bits per heavy atom. The molecule has 2 amide bonds. The lowest BCUT2D eigenvalue weighted by Crippen LogP contribution is -2.54. The Hall–Kier alpha value is -1.60. The molecule has 0 saturated carbocycles. The summed E-state index contributed by atoms with van der Waals surface area (Å²) >= 11 is 1.31. The zero-order valence-corrected chi connectivity index (χ0v) is 12.3. The molecule has 2 rings (SSSR count). The van der Waals surface area contributed by atoms with Crippen molar-refractivity contribution in [3.63, 3.8) is 0 Å². The Kier molecular flexibility index (Phi) is 4.29. The summed E-state index contributed by atoms with van der Waals surface area (Å²) in [7, 11) is 0. The van der Waals surface area contributed by atoms with Gasteiger partial charge in [0.25, 0.3) is 0 Å². The standard InChI is InChI=1S/C13H18N2O4S/c1-13(2)8-15(5-6-19-13)12(18)14-10(11(16)17)9-4-3-7-20-9/h3-4,7,10H,5-6,8H2,1-2H3,(H,14,18)(H,16,17). The van der Waals surface area contributed by atoms with Crippen molar-refractivity contribution in [2.75, 3.05) is 19.7 Å². The quantitative estimate of drug-likeness (QED) is 0.890. The van der Waals surface area contributed by atoms with E-state index in [9.17, 15) is 14.7 Å². The third-order valence-corrected chi connectivity index (χ3v) is 3.99. The lowest BCUT2D eigenvalue weighted by atomic mass is 10.1. The van der Waals surface area contributed by atoms with Gasteiger partial charge in [0.05, 0.1) is 18.8 Å². The first-order valence-corrected chi connectivity index (χ1v) is 7.23. The average Bonchev–Trinajstić information content (AvgIpc) is 2.87. The molecule has 20 heavy (non-hydrogen) atoms. The molecule has 1 aromatic rings. The first-order valence-electron chi connectivity index (χ1n) is 6.35. The Balaban J connectivity index is 2.04. The number of hydrogen-bond acceptors (Lipinski definition) is 4. The minimum atomic E-state index is -1.06. The number of rotatable bonds is 3. The van der Waals surface area contributed by atoms with Crippen LogP contribution in [0.15, 0.2) is 17.5 Å². The van der Waals surface area contributed by atoms with Crippen molar-refractivity contribution in [3.05, 3.63) is 22.4 Å². The Labute approximate surface area is 121 Å². The number of ether oxygens (including phenoxy) is 1. The second-order valence-corrected chi connectivity index (χ2v) is 6.25. The van der Waals surface area contributed by atoms with Crippen LogP contribution in [0.1, 0.15) is 24.8 Å². The molecule has 6 nitrogen and oxygen atoms in total. The first kappa shape index (κ1) is 14.8. The maximum absolute atomic E-state index is 12.2. The summed E-state index contributed by atoms with van der Waals surface area (Å²) in [6.07, 6.45) is 0. The fourth-order valence-electron chi connectivity index (χ4n) is 2.11. The average molecular weight is 298 g/mol. The van der Waals surface area contributed by atoms with Crippen molar-refractivity contribution in [3.8, 4) is 0 Å². The third kappa shape index (κ3) is 3.49. The van der Waals surface area contributed by atoms with Gasteiger partial charge in [-0.1, -0.05) is 6.07 Å². The van der Waals surface area contributed by atoms with E-state index in [1.165, 1.54) is 11.3 Å². The van der Waals surface area contributed by atoms with E-state index in [4.69, 9.17) is 4.74 Å². The maximum atomic E-state index is 12.2. The Morgan fingerprint density at radius 2 is 2.30 bits per heavy atom. The summed E-state index contributed by atoms with van der Waals surface area (Å²) < 4.78 is 5.53. The summed E-state index contributed by atoms with van der Waals surface area (Å²) in [5.74, 6) is -1.06. The van der Waals surface area contributed by atoms with E-state index in [-0.39, 0.29) is 6.03 Å². The Morgan fingerprint density at radius 1 is 1.55 bits per heavy atom. The fourth-order valence-corrected chi connectivity index (χ4v) is 2.88. The molecule has 1 atom stereocenters. The van der Waals surface area contributed by atoms with Crippen molar-refractivity contribution in [2.45, 2.75) is 25.5 Å². The molecular weight excluding hydrogens is 280 g/mol. The van der Waals surface area contributed by atoms with Crippen molar-refractivity contribution in [1.29, 1.82) is 0 Å². The summed E-state index contributed by atoms with van der Waals surface area (Å²) in [5.41, 5.74) is -0.406. The number of amides is 2. The molecule has 1 aliphatic rings. The molecule has 0 bridgehead atoms. The van der Waals surface area contributed by atoms with Gasteiger partial charge in [0.1, 0.15) is 0 Å². The van der Waals surface area contributed by atoms with Crippen LogP contribution in [-0.2, 0) is 9.53 Å². The van der Waals surface area contributed by atoms with Gasteiger partial charge in [0, 0.05) is 11.4 Å². The largest absolute Gasteiger partial charge is 0.479 e. The molecular formula is C13H18N2O4S. The third-order valence-electron chi connectivity index (χ3n) is 3.06. The number of thiophene rings is 1. The van der Waals surface area contributed by atoms with Crippen LogP contribution in [0, 0.1) is 0 Å². The van der Waals surface area contributed by atoms with Gasteiger partial charge in [-0.25, -0.2) is 9.59 Å². The number of carbonyl (C=O) groups excluding carboxylic acids is 1. The van der Waals surface area contributed by atoms with Gasteiger partial charge in [-0.2, -0.15) is 0 Å². The van der Waals surface area contributed by atoms with Crippen LogP contribution in [0.25, 0.3) is 0 Å². The van der Waals surface area contributed by atoms with Crippen LogP contribution < -0.4 is 5.32 Å². The molecule has 0 aliphatic carbocycles. The van der Waals surface area contributed by atoms with Gasteiger partial charge in [0.2, 0.25) is 0 Å².